The lowest BCUT2D eigenvalue weighted by Crippen LogP contribution is -2.31. The Morgan fingerprint density at radius 1 is 1.44 bits per heavy atom. The summed E-state index contributed by atoms with van der Waals surface area (Å²) in [7, 11) is 0. The van der Waals surface area contributed by atoms with Crippen molar-refractivity contribution in [1.82, 2.24) is 14.1 Å². The molecule has 2 heterocycles. The van der Waals surface area contributed by atoms with Crippen molar-refractivity contribution in [1.29, 1.82) is 0 Å². The number of aliphatic carboxylic acids is 2. The van der Waals surface area contributed by atoms with Gasteiger partial charge in [-0.2, -0.15) is 8.75 Å². The van der Waals surface area contributed by atoms with Crippen LogP contribution < -0.4 is 5.32 Å². The summed E-state index contributed by atoms with van der Waals surface area (Å²) in [5, 5.41) is 18.2. The van der Waals surface area contributed by atoms with Crippen molar-refractivity contribution in [3.05, 3.63) is 18.0 Å². The van der Waals surface area contributed by atoms with E-state index in [2.05, 4.69) is 27.1 Å². The van der Waals surface area contributed by atoms with E-state index in [1.165, 1.54) is 17.3 Å². The Hall–Kier alpha value is -1.80. The Kier molecular flexibility index (Phi) is 5.40. The van der Waals surface area contributed by atoms with E-state index in [4.69, 9.17) is 19.8 Å². The summed E-state index contributed by atoms with van der Waals surface area (Å²) in [6.45, 7) is 3.23. The van der Waals surface area contributed by atoms with Gasteiger partial charge in [-0.25, -0.2) is 9.59 Å². The molecule has 1 unspecified atom stereocenters. The van der Waals surface area contributed by atoms with Gasteiger partial charge in [0.2, 0.25) is 0 Å². The number of carbonyl (C=O) groups is 2. The molecule has 1 aromatic rings. The van der Waals surface area contributed by atoms with Crippen LogP contribution in [0, 0.1) is 0 Å². The minimum absolute atomic E-state index is 0.419. The minimum atomic E-state index is -1.82. The first-order valence-electron chi connectivity index (χ1n) is 5.20. The van der Waals surface area contributed by atoms with Crippen molar-refractivity contribution < 1.29 is 19.8 Å². The molecular weight excluding hydrogens is 258 g/mol. The average molecular weight is 271 g/mol. The van der Waals surface area contributed by atoms with Crippen molar-refractivity contribution in [2.24, 2.45) is 0 Å². The maximum Gasteiger partial charge on any atom is 0.414 e. The van der Waals surface area contributed by atoms with Crippen LogP contribution in [0.15, 0.2) is 12.3 Å². The summed E-state index contributed by atoms with van der Waals surface area (Å²) >= 11 is 1.27. The standard InChI is InChI=1S/C8H11N3S.C2H2O4/c1-6-7(3-2-4-9-6)8-5-10-12-11-8;3-1(4)2(5)6/h3,5-6,9H,2,4H2,1H3;(H,3,4)(H,5,6). The zero-order chi connectivity index (χ0) is 13.5. The van der Waals surface area contributed by atoms with Crippen LogP contribution in [0.25, 0.3) is 5.57 Å². The number of carboxylic acid groups (broad SMARTS) is 2. The molecule has 18 heavy (non-hydrogen) atoms. The molecule has 0 aromatic carbocycles. The van der Waals surface area contributed by atoms with Crippen LogP contribution in [0.4, 0.5) is 0 Å². The van der Waals surface area contributed by atoms with E-state index in [1.807, 2.05) is 6.20 Å². The first-order valence-corrected chi connectivity index (χ1v) is 5.93. The predicted octanol–water partition coefficient (Wildman–Crippen LogP) is 0.459. The molecular formula is C10H13N3O4S. The quantitative estimate of drug-likeness (QED) is 0.636. The predicted molar refractivity (Wildman–Crippen MR) is 65.2 cm³/mol. The van der Waals surface area contributed by atoms with Crippen LogP contribution in [-0.2, 0) is 9.59 Å². The van der Waals surface area contributed by atoms with Crippen molar-refractivity contribution in [3.8, 4) is 0 Å². The topological polar surface area (TPSA) is 112 Å². The number of carboxylic acids is 2. The summed E-state index contributed by atoms with van der Waals surface area (Å²) in [5.41, 5.74) is 2.31. The molecule has 0 saturated heterocycles. The molecule has 1 atom stereocenters. The van der Waals surface area contributed by atoms with Gasteiger partial charge in [0.25, 0.3) is 0 Å². The fraction of sp³-hybridized carbons (Fsp3) is 0.400. The molecule has 1 aliphatic rings. The van der Waals surface area contributed by atoms with Crippen LogP contribution >= 0.6 is 11.7 Å². The molecule has 0 radical (unpaired) electrons. The summed E-state index contributed by atoms with van der Waals surface area (Å²) in [4.78, 5) is 18.2. The molecule has 98 valence electrons. The van der Waals surface area contributed by atoms with Crippen molar-refractivity contribution in [3.63, 3.8) is 0 Å². The van der Waals surface area contributed by atoms with Gasteiger partial charge in [-0.3, -0.25) is 0 Å². The molecule has 0 fully saturated rings. The van der Waals surface area contributed by atoms with Gasteiger partial charge in [-0.1, -0.05) is 6.08 Å². The third-order valence-corrected chi connectivity index (χ3v) is 2.74. The monoisotopic (exact) mass is 271 g/mol. The molecule has 2 rings (SSSR count). The highest BCUT2D eigenvalue weighted by molar-refractivity contribution is 6.99. The SMILES string of the molecule is CC1NCCC=C1c1cnsn1.O=C(O)C(=O)O. The minimum Gasteiger partial charge on any atom is -0.473 e. The van der Waals surface area contributed by atoms with Gasteiger partial charge in [-0.15, -0.1) is 0 Å². The van der Waals surface area contributed by atoms with Crippen molar-refractivity contribution in [2.75, 3.05) is 6.54 Å². The lowest BCUT2D eigenvalue weighted by molar-refractivity contribution is -0.159. The van der Waals surface area contributed by atoms with Gasteiger partial charge < -0.3 is 15.5 Å². The van der Waals surface area contributed by atoms with E-state index in [0.29, 0.717) is 6.04 Å². The fourth-order valence-electron chi connectivity index (χ4n) is 1.43. The summed E-state index contributed by atoms with van der Waals surface area (Å²) in [6.07, 6.45) is 5.18. The molecule has 0 saturated carbocycles. The van der Waals surface area contributed by atoms with E-state index in [0.717, 1.165) is 18.7 Å². The van der Waals surface area contributed by atoms with Gasteiger partial charge in [0.1, 0.15) is 5.69 Å². The number of nitrogens with zero attached hydrogens (tertiary/aromatic N) is 2. The van der Waals surface area contributed by atoms with E-state index in [-0.39, 0.29) is 0 Å². The Labute approximate surface area is 107 Å². The zero-order valence-electron chi connectivity index (χ0n) is 9.66. The zero-order valence-corrected chi connectivity index (χ0v) is 10.5. The summed E-state index contributed by atoms with van der Waals surface area (Å²) in [5.74, 6) is -3.65. The molecule has 0 bridgehead atoms. The molecule has 0 amide bonds. The second-order valence-corrected chi connectivity index (χ2v) is 4.08. The average Bonchev–Trinajstić information content (AvgIpc) is 2.83. The Bertz CT molecular complexity index is 432. The first kappa shape index (κ1) is 14.3. The van der Waals surface area contributed by atoms with E-state index in [1.54, 1.807) is 0 Å². The maximum absolute atomic E-state index is 9.10. The number of aromatic nitrogens is 2. The lowest BCUT2D eigenvalue weighted by atomic mass is 10.0. The second kappa shape index (κ2) is 6.82. The molecule has 3 N–H and O–H groups in total. The van der Waals surface area contributed by atoms with Crippen LogP contribution in [0.5, 0.6) is 0 Å². The second-order valence-electron chi connectivity index (χ2n) is 3.53. The normalized spacial score (nSPS) is 18.3. The van der Waals surface area contributed by atoms with Crippen LogP contribution in [0.2, 0.25) is 0 Å². The van der Waals surface area contributed by atoms with Gasteiger partial charge in [0.05, 0.1) is 17.9 Å². The molecule has 0 spiro atoms. The fourth-order valence-corrected chi connectivity index (χ4v) is 1.87. The number of rotatable bonds is 1. The van der Waals surface area contributed by atoms with E-state index >= 15 is 0 Å². The van der Waals surface area contributed by atoms with Crippen LogP contribution in [0.3, 0.4) is 0 Å². The molecule has 1 aromatic heterocycles. The smallest absolute Gasteiger partial charge is 0.414 e. The van der Waals surface area contributed by atoms with Gasteiger partial charge in [0.15, 0.2) is 0 Å². The summed E-state index contributed by atoms with van der Waals surface area (Å²) in [6, 6.07) is 0.419. The Balaban J connectivity index is 0.000000232. The molecule has 7 nitrogen and oxygen atoms in total. The summed E-state index contributed by atoms with van der Waals surface area (Å²) < 4.78 is 8.21. The third kappa shape index (κ3) is 4.22. The highest BCUT2D eigenvalue weighted by atomic mass is 32.1. The number of nitrogens with one attached hydrogen (secondary N) is 1. The molecule has 1 aliphatic heterocycles. The first-order chi connectivity index (χ1) is 8.52. The van der Waals surface area contributed by atoms with Gasteiger partial charge >= 0.3 is 11.9 Å². The third-order valence-electron chi connectivity index (χ3n) is 2.27. The van der Waals surface area contributed by atoms with Crippen molar-refractivity contribution >= 4 is 29.2 Å². The van der Waals surface area contributed by atoms with E-state index in [9.17, 15) is 0 Å². The Morgan fingerprint density at radius 3 is 2.56 bits per heavy atom. The molecule has 8 heteroatoms. The number of hydrogen-bond acceptors (Lipinski definition) is 6. The lowest BCUT2D eigenvalue weighted by Gasteiger charge is -2.20. The van der Waals surface area contributed by atoms with Crippen LogP contribution in [-0.4, -0.2) is 43.5 Å². The molecule has 0 aliphatic carbocycles. The van der Waals surface area contributed by atoms with Crippen LogP contribution in [0.1, 0.15) is 19.0 Å². The largest absolute Gasteiger partial charge is 0.473 e. The number of hydrogen-bond donors (Lipinski definition) is 3. The Morgan fingerprint density at radius 2 is 2.11 bits per heavy atom. The highest BCUT2D eigenvalue weighted by Crippen LogP contribution is 2.19. The highest BCUT2D eigenvalue weighted by Gasteiger charge is 2.15. The van der Waals surface area contributed by atoms with Gasteiger partial charge in [-0.05, 0) is 25.5 Å². The van der Waals surface area contributed by atoms with Gasteiger partial charge in [0, 0.05) is 6.04 Å². The van der Waals surface area contributed by atoms with E-state index < -0.39 is 11.9 Å². The maximum atomic E-state index is 9.10. The van der Waals surface area contributed by atoms with Crippen molar-refractivity contribution in [2.45, 2.75) is 19.4 Å².